The van der Waals surface area contributed by atoms with Gasteiger partial charge in [-0.05, 0) is 111 Å². The number of aliphatic carboxylic acids is 1. The molecule has 3 saturated heterocycles. The van der Waals surface area contributed by atoms with E-state index in [0.29, 0.717) is 38.5 Å². The maximum atomic E-state index is 14.0. The molecule has 19 heteroatoms. The van der Waals surface area contributed by atoms with Crippen molar-refractivity contribution in [3.8, 4) is 0 Å². The van der Waals surface area contributed by atoms with Crippen LogP contribution in [0.3, 0.4) is 0 Å². The van der Waals surface area contributed by atoms with Crippen molar-refractivity contribution in [3.63, 3.8) is 0 Å². The van der Waals surface area contributed by atoms with E-state index in [1.165, 1.54) is 12.5 Å². The van der Waals surface area contributed by atoms with Gasteiger partial charge < -0.3 is 84.8 Å². The smallest absolute Gasteiger partial charge is 0.314 e. The van der Waals surface area contributed by atoms with E-state index in [-0.39, 0.29) is 23.2 Å². The van der Waals surface area contributed by atoms with Gasteiger partial charge in [-0.25, -0.2) is 0 Å². The van der Waals surface area contributed by atoms with E-state index in [9.17, 15) is 60.7 Å². The number of fused-ring (bicyclic) bond motifs is 4. The van der Waals surface area contributed by atoms with Crippen molar-refractivity contribution in [1.29, 1.82) is 0 Å². The van der Waals surface area contributed by atoms with Crippen LogP contribution in [0, 0.1) is 44.8 Å². The quantitative estimate of drug-likeness (QED) is 0.110. The Balaban J connectivity index is 1.19. The van der Waals surface area contributed by atoms with Crippen molar-refractivity contribution in [2.75, 3.05) is 19.8 Å². The van der Waals surface area contributed by atoms with Crippen LogP contribution < -0.4 is 5.32 Å². The molecule has 7 rings (SSSR count). The molecule has 402 valence electrons. The molecule has 2 saturated carbocycles. The summed E-state index contributed by atoms with van der Waals surface area (Å²) in [6.07, 6.45) is -14.7. The first-order valence-corrected chi connectivity index (χ1v) is 25.7. The van der Waals surface area contributed by atoms with Crippen LogP contribution in [0.5, 0.6) is 0 Å². The standard InChI is InChI=1S/C51H85NO18/c1-24(13-19-50(10,64)46(3,4)5)26-15-20-51(45(62)63)28-11-12-32-47(6,7)33(16-17-48(32,8)27(28)14-18-49(26,51)9)68-44-41(70-42-34(52-25(2)55)38(60)36(58)30(21-53)66-42)40(37(59)31(22-54)67-44)69-43-39(61)35(57)29(56)23-65-43/h24,26,29-44,53-54,56-61,64H,11-23H2,1-10H3,(H,52,55)(H,62,63)/t24-,26-,29+,30-,31-,32+,33?,34-,35+,36+,37+,38-,39-,40+,41-,42+,43+,44+,48-,49-,50?,51+/m1/s1. The Labute approximate surface area is 412 Å². The van der Waals surface area contributed by atoms with Crippen LogP contribution in [0.1, 0.15) is 133 Å². The highest BCUT2D eigenvalue weighted by Gasteiger charge is 2.69. The molecule has 0 aromatic heterocycles. The summed E-state index contributed by atoms with van der Waals surface area (Å²) in [5, 5.41) is 112. The molecule has 70 heavy (non-hydrogen) atoms. The number of hydrogen-bond acceptors (Lipinski definition) is 17. The molecule has 19 nitrogen and oxygen atoms in total. The molecular formula is C51H85NO18. The summed E-state index contributed by atoms with van der Waals surface area (Å²) in [6.45, 7) is 18.2. The van der Waals surface area contributed by atoms with Gasteiger partial charge in [0.25, 0.3) is 0 Å². The summed E-state index contributed by atoms with van der Waals surface area (Å²) < 4.78 is 37.5. The third kappa shape index (κ3) is 9.45. The third-order valence-corrected chi connectivity index (χ3v) is 19.3. The Hall–Kier alpha value is -1.92. The van der Waals surface area contributed by atoms with Crippen molar-refractivity contribution in [2.45, 2.75) is 231 Å². The van der Waals surface area contributed by atoms with Gasteiger partial charge in [0.15, 0.2) is 18.9 Å². The van der Waals surface area contributed by atoms with Crippen LogP contribution >= 0.6 is 0 Å². The number of carbonyl (C=O) groups is 2. The Morgan fingerprint density at radius 2 is 1.39 bits per heavy atom. The summed E-state index contributed by atoms with van der Waals surface area (Å²) in [6, 6.07) is -1.44. The lowest BCUT2D eigenvalue weighted by Gasteiger charge is -2.62. The van der Waals surface area contributed by atoms with E-state index < -0.39 is 151 Å². The average Bonchev–Trinajstić information content (AvgIpc) is 3.61. The maximum Gasteiger partial charge on any atom is 0.314 e. The minimum atomic E-state index is -1.81. The molecule has 3 aliphatic heterocycles. The normalized spacial score (nSPS) is 46.5. The largest absolute Gasteiger partial charge is 0.481 e. The second-order valence-electron chi connectivity index (χ2n) is 24.4. The summed E-state index contributed by atoms with van der Waals surface area (Å²) in [7, 11) is 0. The lowest BCUT2D eigenvalue weighted by Crippen LogP contribution is -2.69. The van der Waals surface area contributed by atoms with Crippen LogP contribution in [0.4, 0.5) is 0 Å². The van der Waals surface area contributed by atoms with E-state index >= 15 is 0 Å². The fraction of sp³-hybridized carbons (Fsp3) is 0.922. The molecule has 0 bridgehead atoms. The van der Waals surface area contributed by atoms with Crippen molar-refractivity contribution < 1.29 is 89.1 Å². The summed E-state index contributed by atoms with van der Waals surface area (Å²) in [5.74, 6) is -1.02. The number of aliphatic hydroxyl groups is 9. The van der Waals surface area contributed by atoms with E-state index in [1.807, 2.05) is 27.7 Å². The maximum absolute atomic E-state index is 14.0. The molecule has 0 aromatic carbocycles. The molecule has 0 aromatic rings. The zero-order chi connectivity index (χ0) is 51.8. The summed E-state index contributed by atoms with van der Waals surface area (Å²) >= 11 is 0. The lowest BCUT2D eigenvalue weighted by atomic mass is 9.43. The van der Waals surface area contributed by atoms with Gasteiger partial charge in [0, 0.05) is 6.92 Å². The number of nitrogens with one attached hydrogen (secondary N) is 1. The van der Waals surface area contributed by atoms with E-state index in [0.717, 1.165) is 31.3 Å². The summed E-state index contributed by atoms with van der Waals surface area (Å²) in [4.78, 5) is 26.5. The first kappa shape index (κ1) is 55.8. The second kappa shape index (κ2) is 20.3. The minimum Gasteiger partial charge on any atom is -0.481 e. The molecule has 5 fully saturated rings. The van der Waals surface area contributed by atoms with Gasteiger partial charge in [-0.3, -0.25) is 9.59 Å². The molecule has 22 atom stereocenters. The number of carboxylic acids is 1. The number of carbonyl (C=O) groups excluding carboxylic acids is 1. The molecule has 7 aliphatic rings. The highest BCUT2D eigenvalue weighted by atomic mass is 16.8. The number of rotatable bonds is 14. The van der Waals surface area contributed by atoms with E-state index in [2.05, 4.69) is 39.9 Å². The summed E-state index contributed by atoms with van der Waals surface area (Å²) in [5.41, 5.74) is -1.40. The van der Waals surface area contributed by atoms with Crippen LogP contribution in [-0.2, 0) is 38.0 Å². The Morgan fingerprint density at radius 3 is 2.00 bits per heavy atom. The number of carboxylic acid groups (broad SMARTS) is 1. The second-order valence-corrected chi connectivity index (χ2v) is 24.4. The average molecular weight is 1000 g/mol. The lowest BCUT2D eigenvalue weighted by molar-refractivity contribution is -0.389. The van der Waals surface area contributed by atoms with Gasteiger partial charge in [-0.2, -0.15) is 0 Å². The van der Waals surface area contributed by atoms with E-state index in [4.69, 9.17) is 28.4 Å². The molecule has 0 radical (unpaired) electrons. The van der Waals surface area contributed by atoms with Crippen LogP contribution in [0.25, 0.3) is 0 Å². The molecule has 1 amide bonds. The monoisotopic (exact) mass is 1000 g/mol. The van der Waals surface area contributed by atoms with E-state index in [1.54, 1.807) is 0 Å². The number of hydrogen-bond donors (Lipinski definition) is 11. The first-order chi connectivity index (χ1) is 32.5. The van der Waals surface area contributed by atoms with Gasteiger partial charge in [-0.1, -0.05) is 66.5 Å². The highest BCUT2D eigenvalue weighted by molar-refractivity contribution is 5.82. The Morgan fingerprint density at radius 1 is 0.757 bits per heavy atom. The fourth-order valence-electron chi connectivity index (χ4n) is 14.5. The van der Waals surface area contributed by atoms with Crippen LogP contribution in [0.2, 0.25) is 0 Å². The molecule has 3 heterocycles. The molecule has 11 N–H and O–H groups in total. The number of aliphatic hydroxyl groups excluding tert-OH is 8. The Kier molecular flexibility index (Phi) is 16.2. The highest BCUT2D eigenvalue weighted by Crippen LogP contribution is 2.73. The van der Waals surface area contributed by atoms with Crippen molar-refractivity contribution in [3.05, 3.63) is 11.1 Å². The number of amides is 1. The van der Waals surface area contributed by atoms with Crippen molar-refractivity contribution in [1.82, 2.24) is 5.32 Å². The number of ether oxygens (including phenoxy) is 6. The molecule has 2 unspecified atom stereocenters. The van der Waals surface area contributed by atoms with Crippen LogP contribution in [-0.4, -0.2) is 180 Å². The SMILES string of the molecule is CC(=O)N[C@H]1[C@H](O[C@H]2[C@H](OC3CC[C@]4(C)C5=C(CC[C@H]4C3(C)C)[C@]3(C(=O)O)CC[C@H]([C@H](C)CCC(C)(O)C(C)(C)C)[C@@]3(C)CC5)O[C@H](CO)[C@H](O)[C@@H]2O[C@@H]2OC[C@H](O)[C@H](O)[C@H]2O)O[C@H](CO)[C@H](O)[C@@H]1O. The first-order valence-electron chi connectivity index (χ1n) is 25.7. The minimum absolute atomic E-state index is 0.0100. The van der Waals surface area contributed by atoms with Gasteiger partial charge in [0.05, 0.1) is 36.9 Å². The Bertz CT molecular complexity index is 1910. The fourth-order valence-corrected chi connectivity index (χ4v) is 14.5. The van der Waals surface area contributed by atoms with Crippen LogP contribution in [0.15, 0.2) is 11.1 Å². The molecular weight excluding hydrogens is 915 g/mol. The number of allylic oxidation sites excluding steroid dienone is 1. The molecule has 4 aliphatic carbocycles. The van der Waals surface area contributed by atoms with Gasteiger partial charge in [0.1, 0.15) is 67.1 Å². The van der Waals surface area contributed by atoms with Crippen molar-refractivity contribution >= 4 is 11.9 Å². The zero-order valence-corrected chi connectivity index (χ0v) is 42.8. The predicted octanol–water partition coefficient (Wildman–Crippen LogP) is 1.63. The van der Waals surface area contributed by atoms with Gasteiger partial charge in [0.2, 0.25) is 5.91 Å². The predicted molar refractivity (Wildman–Crippen MR) is 249 cm³/mol. The van der Waals surface area contributed by atoms with Gasteiger partial charge >= 0.3 is 5.97 Å². The topological polar surface area (TPSA) is 304 Å². The third-order valence-electron chi connectivity index (χ3n) is 19.3. The van der Waals surface area contributed by atoms with Gasteiger partial charge in [-0.15, -0.1) is 0 Å². The molecule has 0 spiro atoms. The van der Waals surface area contributed by atoms with Crippen molar-refractivity contribution in [2.24, 2.45) is 44.8 Å². The zero-order valence-electron chi connectivity index (χ0n) is 42.8.